The molecule has 58 heavy (non-hydrogen) atoms. The number of rotatable bonds is 6. The van der Waals surface area contributed by atoms with Gasteiger partial charge in [0.25, 0.3) is 0 Å². The lowest BCUT2D eigenvalue weighted by atomic mass is 10.0. The first-order valence-electron chi connectivity index (χ1n) is 19.7. The zero-order chi connectivity index (χ0) is 38.2. The van der Waals surface area contributed by atoms with Gasteiger partial charge >= 0.3 is 0 Å². The van der Waals surface area contributed by atoms with E-state index in [1.165, 1.54) is 27.4 Å². The first kappa shape index (κ1) is 32.4. The lowest BCUT2D eigenvalue weighted by Crippen LogP contribution is -2.10. The van der Waals surface area contributed by atoms with Gasteiger partial charge < -0.3 is 18.3 Å². The Morgan fingerprint density at radius 3 is 1.62 bits per heavy atom. The lowest BCUT2D eigenvalue weighted by Gasteiger charge is -2.26. The summed E-state index contributed by atoms with van der Waals surface area (Å²) in [6, 6.07) is 73.3. The molecule has 272 valence electrons. The summed E-state index contributed by atoms with van der Waals surface area (Å²) in [5, 5.41) is 6.92. The largest absolute Gasteiger partial charge is 0.456 e. The topological polar surface area (TPSA) is 34.5 Å². The van der Waals surface area contributed by atoms with Crippen LogP contribution in [-0.4, -0.2) is 4.57 Å². The minimum Gasteiger partial charge on any atom is -0.456 e. The van der Waals surface area contributed by atoms with Gasteiger partial charge in [0, 0.05) is 44.0 Å². The average Bonchev–Trinajstić information content (AvgIpc) is 3.97. The molecule has 0 N–H and O–H groups in total. The molecule has 0 aliphatic rings. The number of para-hydroxylation sites is 4. The fraction of sp³-hybridized carbons (Fsp3) is 0. The Morgan fingerprint density at radius 2 is 0.862 bits per heavy atom. The number of fused-ring (bicyclic) bond motifs is 9. The van der Waals surface area contributed by atoms with E-state index in [0.29, 0.717) is 0 Å². The van der Waals surface area contributed by atoms with Gasteiger partial charge in [-0.1, -0.05) is 121 Å². The van der Waals surface area contributed by atoms with E-state index in [-0.39, 0.29) is 0 Å². The number of nitrogens with zero attached hydrogens (tertiary/aromatic N) is 2. The summed E-state index contributed by atoms with van der Waals surface area (Å²) in [6.45, 7) is 0. The van der Waals surface area contributed by atoms with Gasteiger partial charge in [0.1, 0.15) is 22.3 Å². The van der Waals surface area contributed by atoms with E-state index >= 15 is 0 Å². The van der Waals surface area contributed by atoms with E-state index in [0.717, 1.165) is 83.3 Å². The maximum atomic E-state index is 6.39. The molecule has 0 saturated heterocycles. The number of hydrogen-bond donors (Lipinski definition) is 0. The Hall–Kier alpha value is -7.82. The van der Waals surface area contributed by atoms with E-state index in [1.807, 2.05) is 24.3 Å². The van der Waals surface area contributed by atoms with Gasteiger partial charge in [0.05, 0.1) is 22.1 Å². The second kappa shape index (κ2) is 12.9. The van der Waals surface area contributed by atoms with Crippen molar-refractivity contribution >= 4 is 82.7 Å². The average molecular weight is 743 g/mol. The van der Waals surface area contributed by atoms with Gasteiger partial charge in [-0.3, -0.25) is 0 Å². The second-order valence-electron chi connectivity index (χ2n) is 14.9. The Balaban J connectivity index is 0.980. The Bertz CT molecular complexity index is 3500. The Labute approximate surface area is 334 Å². The molecule has 4 heteroatoms. The van der Waals surface area contributed by atoms with Crippen molar-refractivity contribution in [3.05, 3.63) is 206 Å². The number of furan rings is 2. The summed E-state index contributed by atoms with van der Waals surface area (Å²) in [5.74, 6) is 0. The quantitative estimate of drug-likeness (QED) is 0.170. The highest BCUT2D eigenvalue weighted by Gasteiger charge is 2.20. The SMILES string of the molecule is c1ccc(-n2c3ccccc3c3ccc(-c4ccc(N(c5ccc(-c6ccc7oc8ccccc8c7c6)cc5)c5cccc6oc7ccccc7c56)cc4)cc32)cc1. The third-order valence-corrected chi connectivity index (χ3v) is 11.6. The molecular formula is C54H34N2O2. The third-order valence-electron chi connectivity index (χ3n) is 11.6. The van der Waals surface area contributed by atoms with E-state index in [4.69, 9.17) is 8.83 Å². The fourth-order valence-electron chi connectivity index (χ4n) is 8.89. The monoisotopic (exact) mass is 742 g/mol. The number of hydrogen-bond acceptors (Lipinski definition) is 3. The van der Waals surface area contributed by atoms with Crippen LogP contribution in [0.2, 0.25) is 0 Å². The lowest BCUT2D eigenvalue weighted by molar-refractivity contribution is 0.668. The summed E-state index contributed by atoms with van der Waals surface area (Å²) >= 11 is 0. The molecule has 0 spiro atoms. The van der Waals surface area contributed by atoms with Crippen LogP contribution in [0.4, 0.5) is 17.1 Å². The molecule has 12 rings (SSSR count). The van der Waals surface area contributed by atoms with Crippen LogP contribution in [0, 0.1) is 0 Å². The summed E-state index contributed by atoms with van der Waals surface area (Å²) in [5.41, 5.74) is 14.9. The molecule has 0 amide bonds. The zero-order valence-corrected chi connectivity index (χ0v) is 31.3. The van der Waals surface area contributed by atoms with Gasteiger partial charge in [-0.15, -0.1) is 0 Å². The van der Waals surface area contributed by atoms with Crippen LogP contribution in [-0.2, 0) is 0 Å². The van der Waals surface area contributed by atoms with Crippen molar-refractivity contribution in [1.82, 2.24) is 4.57 Å². The van der Waals surface area contributed by atoms with Gasteiger partial charge in [-0.05, 0) is 107 Å². The molecule has 0 radical (unpaired) electrons. The first-order valence-corrected chi connectivity index (χ1v) is 19.7. The maximum absolute atomic E-state index is 6.39. The van der Waals surface area contributed by atoms with Crippen LogP contribution in [0.25, 0.3) is 93.6 Å². The van der Waals surface area contributed by atoms with Gasteiger partial charge in [0.15, 0.2) is 0 Å². The second-order valence-corrected chi connectivity index (χ2v) is 14.9. The summed E-state index contributed by atoms with van der Waals surface area (Å²) in [4.78, 5) is 2.35. The van der Waals surface area contributed by atoms with Gasteiger partial charge in [-0.25, -0.2) is 0 Å². The van der Waals surface area contributed by atoms with Crippen LogP contribution in [0.15, 0.2) is 215 Å². The smallest absolute Gasteiger partial charge is 0.137 e. The molecule has 3 heterocycles. The van der Waals surface area contributed by atoms with Gasteiger partial charge in [0.2, 0.25) is 0 Å². The van der Waals surface area contributed by atoms with Crippen LogP contribution in [0.5, 0.6) is 0 Å². The van der Waals surface area contributed by atoms with Crippen molar-refractivity contribution in [3.8, 4) is 27.9 Å². The molecule has 3 aromatic heterocycles. The maximum Gasteiger partial charge on any atom is 0.137 e. The van der Waals surface area contributed by atoms with Crippen molar-refractivity contribution in [1.29, 1.82) is 0 Å². The van der Waals surface area contributed by atoms with E-state index in [1.54, 1.807) is 0 Å². The molecule has 0 unspecified atom stereocenters. The van der Waals surface area contributed by atoms with Crippen LogP contribution < -0.4 is 4.90 Å². The minimum absolute atomic E-state index is 0.861. The highest BCUT2D eigenvalue weighted by atomic mass is 16.3. The third kappa shape index (κ3) is 5.09. The summed E-state index contributed by atoms with van der Waals surface area (Å²) < 4.78 is 14.9. The van der Waals surface area contributed by atoms with Crippen molar-refractivity contribution in [2.45, 2.75) is 0 Å². The Kier molecular flexibility index (Phi) is 7.20. The first-order chi connectivity index (χ1) is 28.7. The fourth-order valence-corrected chi connectivity index (χ4v) is 8.89. The molecule has 0 atom stereocenters. The molecule has 12 aromatic rings. The predicted octanol–water partition coefficient (Wildman–Crippen LogP) is 15.4. The van der Waals surface area contributed by atoms with Crippen LogP contribution in [0.1, 0.15) is 0 Å². The van der Waals surface area contributed by atoms with Crippen molar-refractivity contribution in [2.24, 2.45) is 0 Å². The normalized spacial score (nSPS) is 11.8. The molecule has 0 saturated carbocycles. The van der Waals surface area contributed by atoms with Crippen molar-refractivity contribution in [3.63, 3.8) is 0 Å². The summed E-state index contributed by atoms with van der Waals surface area (Å²) in [7, 11) is 0. The molecule has 0 fully saturated rings. The molecule has 4 nitrogen and oxygen atoms in total. The van der Waals surface area contributed by atoms with E-state index < -0.39 is 0 Å². The summed E-state index contributed by atoms with van der Waals surface area (Å²) in [6.07, 6.45) is 0. The highest BCUT2D eigenvalue weighted by molar-refractivity contribution is 6.14. The van der Waals surface area contributed by atoms with E-state index in [9.17, 15) is 0 Å². The highest BCUT2D eigenvalue weighted by Crippen LogP contribution is 2.44. The predicted molar refractivity (Wildman–Crippen MR) is 241 cm³/mol. The van der Waals surface area contributed by atoms with E-state index in [2.05, 4.69) is 191 Å². The minimum atomic E-state index is 0.861. The van der Waals surface area contributed by atoms with Crippen LogP contribution >= 0.6 is 0 Å². The van der Waals surface area contributed by atoms with Crippen molar-refractivity contribution < 1.29 is 8.83 Å². The molecular weight excluding hydrogens is 709 g/mol. The Morgan fingerprint density at radius 1 is 0.328 bits per heavy atom. The molecule has 0 aliphatic carbocycles. The zero-order valence-electron chi connectivity index (χ0n) is 31.3. The number of benzene rings is 9. The molecule has 0 bridgehead atoms. The van der Waals surface area contributed by atoms with Gasteiger partial charge in [-0.2, -0.15) is 0 Å². The van der Waals surface area contributed by atoms with Crippen LogP contribution in [0.3, 0.4) is 0 Å². The van der Waals surface area contributed by atoms with Crippen molar-refractivity contribution in [2.75, 3.05) is 4.90 Å². The number of anilines is 3. The molecule has 0 aliphatic heterocycles. The molecule has 9 aromatic carbocycles. The number of aromatic nitrogens is 1. The standard InChI is InChI=1S/C54H34N2O2/c1-2-11-39(12-3-1)56-47-16-7-4-13-42(47)43-31-25-38(34-49(43)56)36-23-29-41(30-24-36)55(48-17-10-20-53-54(48)45-15-6-9-19-51(45)58-53)40-27-21-35(22-28-40)37-26-32-52-46(33-37)44-14-5-8-18-50(44)57-52/h1-34H.